The highest BCUT2D eigenvalue weighted by atomic mass is 16.2. The smallest absolute Gasteiger partial charge is 0.224 e. The standard InChI is InChI=1S/C14H24N4O/c1-3-4-11(15)9-14(19)18(12-5-6-12)10-13-16-7-8-17(13)2/h7-8,11-12H,3-6,9-10,15H2,1-2H3. The summed E-state index contributed by atoms with van der Waals surface area (Å²) in [6.45, 7) is 2.70. The fourth-order valence-corrected chi connectivity index (χ4v) is 2.32. The van der Waals surface area contributed by atoms with E-state index in [0.717, 1.165) is 31.5 Å². The van der Waals surface area contributed by atoms with Gasteiger partial charge in [-0.3, -0.25) is 4.79 Å². The van der Waals surface area contributed by atoms with Gasteiger partial charge in [0.25, 0.3) is 0 Å². The second-order valence-corrected chi connectivity index (χ2v) is 5.46. The minimum atomic E-state index is -0.0138. The summed E-state index contributed by atoms with van der Waals surface area (Å²) in [4.78, 5) is 18.6. The van der Waals surface area contributed by atoms with Gasteiger partial charge < -0.3 is 15.2 Å². The van der Waals surface area contributed by atoms with Crippen LogP contribution < -0.4 is 5.73 Å². The molecule has 1 saturated carbocycles. The Kier molecular flexibility index (Phi) is 4.58. The molecule has 1 aromatic rings. The Hall–Kier alpha value is -1.36. The zero-order chi connectivity index (χ0) is 13.8. The van der Waals surface area contributed by atoms with Crippen molar-refractivity contribution in [2.75, 3.05) is 0 Å². The predicted molar refractivity (Wildman–Crippen MR) is 74.3 cm³/mol. The summed E-state index contributed by atoms with van der Waals surface area (Å²) >= 11 is 0. The highest BCUT2D eigenvalue weighted by Gasteiger charge is 2.33. The van der Waals surface area contributed by atoms with E-state index in [4.69, 9.17) is 5.73 Å². The van der Waals surface area contributed by atoms with Gasteiger partial charge in [0.2, 0.25) is 5.91 Å². The van der Waals surface area contributed by atoms with Crippen LogP contribution in [0.2, 0.25) is 0 Å². The maximum Gasteiger partial charge on any atom is 0.224 e. The minimum Gasteiger partial charge on any atom is -0.337 e. The van der Waals surface area contributed by atoms with Crippen LogP contribution in [-0.4, -0.2) is 32.4 Å². The summed E-state index contributed by atoms with van der Waals surface area (Å²) in [5, 5.41) is 0. The largest absolute Gasteiger partial charge is 0.337 e. The van der Waals surface area contributed by atoms with Crippen LogP contribution in [0.15, 0.2) is 12.4 Å². The van der Waals surface area contributed by atoms with Crippen LogP contribution in [0.1, 0.15) is 44.9 Å². The Morgan fingerprint density at radius 2 is 2.37 bits per heavy atom. The topological polar surface area (TPSA) is 64.2 Å². The number of hydrogen-bond donors (Lipinski definition) is 1. The first-order valence-electron chi connectivity index (χ1n) is 7.13. The fourth-order valence-electron chi connectivity index (χ4n) is 2.32. The fraction of sp³-hybridized carbons (Fsp3) is 0.714. The zero-order valence-corrected chi connectivity index (χ0v) is 11.9. The molecule has 19 heavy (non-hydrogen) atoms. The van der Waals surface area contributed by atoms with Crippen LogP contribution >= 0.6 is 0 Å². The molecule has 1 aliphatic carbocycles. The molecule has 0 radical (unpaired) electrons. The summed E-state index contributed by atoms with van der Waals surface area (Å²) in [6.07, 6.45) is 8.29. The van der Waals surface area contributed by atoms with E-state index in [0.29, 0.717) is 19.0 Å². The molecule has 1 amide bonds. The lowest BCUT2D eigenvalue weighted by atomic mass is 10.1. The van der Waals surface area contributed by atoms with Gasteiger partial charge >= 0.3 is 0 Å². The van der Waals surface area contributed by atoms with Gasteiger partial charge in [-0.05, 0) is 19.3 Å². The maximum absolute atomic E-state index is 12.4. The molecule has 1 heterocycles. The summed E-state index contributed by atoms with van der Waals surface area (Å²) in [5.41, 5.74) is 5.98. The third-order valence-corrected chi connectivity index (χ3v) is 3.64. The van der Waals surface area contributed by atoms with Gasteiger partial charge in [0.1, 0.15) is 5.82 Å². The lowest BCUT2D eigenvalue weighted by molar-refractivity contribution is -0.133. The van der Waals surface area contributed by atoms with Crippen molar-refractivity contribution in [2.24, 2.45) is 12.8 Å². The Balaban J connectivity index is 1.96. The van der Waals surface area contributed by atoms with Crippen molar-refractivity contribution in [3.8, 4) is 0 Å². The van der Waals surface area contributed by atoms with E-state index in [1.54, 1.807) is 6.20 Å². The monoisotopic (exact) mass is 264 g/mol. The van der Waals surface area contributed by atoms with Crippen LogP contribution in [0, 0.1) is 0 Å². The lowest BCUT2D eigenvalue weighted by Gasteiger charge is -2.23. The lowest BCUT2D eigenvalue weighted by Crippen LogP contribution is -2.37. The Bertz CT molecular complexity index is 425. The van der Waals surface area contributed by atoms with Crippen molar-refractivity contribution in [1.82, 2.24) is 14.5 Å². The first-order chi connectivity index (χ1) is 9.11. The van der Waals surface area contributed by atoms with Crippen molar-refractivity contribution in [3.05, 3.63) is 18.2 Å². The maximum atomic E-state index is 12.4. The van der Waals surface area contributed by atoms with Crippen molar-refractivity contribution in [1.29, 1.82) is 0 Å². The summed E-state index contributed by atoms with van der Waals surface area (Å²) < 4.78 is 1.97. The third kappa shape index (κ3) is 3.80. The average molecular weight is 264 g/mol. The molecule has 2 rings (SSSR count). The van der Waals surface area contributed by atoms with E-state index >= 15 is 0 Å². The van der Waals surface area contributed by atoms with Crippen molar-refractivity contribution in [2.45, 2.75) is 57.7 Å². The Labute approximate surface area is 114 Å². The van der Waals surface area contributed by atoms with Gasteiger partial charge in [0.05, 0.1) is 6.54 Å². The number of carbonyl (C=O) groups excluding carboxylic acids is 1. The molecule has 1 aromatic heterocycles. The molecule has 1 atom stereocenters. The summed E-state index contributed by atoms with van der Waals surface area (Å²) in [7, 11) is 1.96. The number of nitrogens with two attached hydrogens (primary N) is 1. The van der Waals surface area contributed by atoms with Crippen LogP contribution in [0.4, 0.5) is 0 Å². The van der Waals surface area contributed by atoms with Crippen LogP contribution in [0.5, 0.6) is 0 Å². The van der Waals surface area contributed by atoms with E-state index in [1.165, 1.54) is 0 Å². The zero-order valence-electron chi connectivity index (χ0n) is 11.9. The van der Waals surface area contributed by atoms with E-state index < -0.39 is 0 Å². The molecule has 5 nitrogen and oxygen atoms in total. The van der Waals surface area contributed by atoms with Crippen molar-refractivity contribution < 1.29 is 4.79 Å². The average Bonchev–Trinajstić information content (AvgIpc) is 3.11. The molecule has 1 unspecified atom stereocenters. The first-order valence-corrected chi connectivity index (χ1v) is 7.13. The predicted octanol–water partition coefficient (Wildman–Crippen LogP) is 1.43. The molecule has 0 spiro atoms. The molecule has 5 heteroatoms. The number of aromatic nitrogens is 2. The van der Waals surface area contributed by atoms with Gasteiger partial charge in [-0.2, -0.15) is 0 Å². The van der Waals surface area contributed by atoms with Gasteiger partial charge in [-0.1, -0.05) is 13.3 Å². The van der Waals surface area contributed by atoms with E-state index in [-0.39, 0.29) is 11.9 Å². The number of carbonyl (C=O) groups is 1. The van der Waals surface area contributed by atoms with Crippen molar-refractivity contribution in [3.63, 3.8) is 0 Å². The molecule has 2 N–H and O–H groups in total. The first kappa shape index (κ1) is 14.1. The quantitative estimate of drug-likeness (QED) is 0.810. The van der Waals surface area contributed by atoms with Gasteiger partial charge in [-0.15, -0.1) is 0 Å². The number of imidazole rings is 1. The normalized spacial score (nSPS) is 16.4. The molecule has 1 aliphatic rings. The number of rotatable bonds is 7. The molecule has 0 saturated heterocycles. The van der Waals surface area contributed by atoms with Crippen LogP contribution in [-0.2, 0) is 18.4 Å². The molecule has 106 valence electrons. The summed E-state index contributed by atoms with van der Waals surface area (Å²) in [6, 6.07) is 0.387. The molecule has 0 bridgehead atoms. The number of nitrogens with zero attached hydrogens (tertiary/aromatic N) is 3. The Morgan fingerprint density at radius 3 is 2.89 bits per heavy atom. The molecule has 1 fully saturated rings. The number of amides is 1. The van der Waals surface area contributed by atoms with E-state index in [9.17, 15) is 4.79 Å². The minimum absolute atomic E-state index is 0.0138. The van der Waals surface area contributed by atoms with Crippen LogP contribution in [0.3, 0.4) is 0 Å². The second kappa shape index (κ2) is 6.19. The summed E-state index contributed by atoms with van der Waals surface area (Å²) in [5.74, 6) is 1.11. The second-order valence-electron chi connectivity index (χ2n) is 5.46. The molecule has 0 aliphatic heterocycles. The van der Waals surface area contributed by atoms with E-state index in [1.807, 2.05) is 22.7 Å². The number of hydrogen-bond acceptors (Lipinski definition) is 3. The Morgan fingerprint density at radius 1 is 1.63 bits per heavy atom. The van der Waals surface area contributed by atoms with E-state index in [2.05, 4.69) is 11.9 Å². The SMILES string of the molecule is CCCC(N)CC(=O)N(Cc1nccn1C)C1CC1. The molecular formula is C14H24N4O. The molecule has 0 aromatic carbocycles. The number of aryl methyl sites for hydroxylation is 1. The van der Waals surface area contributed by atoms with Gasteiger partial charge in [0, 0.05) is 37.9 Å². The highest BCUT2D eigenvalue weighted by molar-refractivity contribution is 5.77. The highest BCUT2D eigenvalue weighted by Crippen LogP contribution is 2.29. The van der Waals surface area contributed by atoms with Gasteiger partial charge in [-0.25, -0.2) is 4.98 Å². The third-order valence-electron chi connectivity index (χ3n) is 3.64. The van der Waals surface area contributed by atoms with Crippen molar-refractivity contribution >= 4 is 5.91 Å². The van der Waals surface area contributed by atoms with Crippen LogP contribution in [0.25, 0.3) is 0 Å². The molecular weight excluding hydrogens is 240 g/mol. The van der Waals surface area contributed by atoms with Gasteiger partial charge in [0.15, 0.2) is 0 Å².